The van der Waals surface area contributed by atoms with Crippen LogP contribution in [-0.4, -0.2) is 56.8 Å². The maximum atomic E-state index is 12.4. The molecule has 0 aromatic heterocycles. The van der Waals surface area contributed by atoms with E-state index in [0.29, 0.717) is 13.2 Å². The van der Waals surface area contributed by atoms with Gasteiger partial charge in [0.15, 0.2) is 0 Å². The fourth-order valence-corrected chi connectivity index (χ4v) is 2.73. The van der Waals surface area contributed by atoms with Crippen molar-refractivity contribution in [2.75, 3.05) is 44.8 Å². The van der Waals surface area contributed by atoms with Crippen LogP contribution in [0.4, 0.5) is 5.69 Å². The second kappa shape index (κ2) is 8.58. The van der Waals surface area contributed by atoms with Crippen molar-refractivity contribution in [2.45, 2.75) is 19.4 Å². The predicted octanol–water partition coefficient (Wildman–Crippen LogP) is 2.33. The van der Waals surface area contributed by atoms with Gasteiger partial charge in [0.2, 0.25) is 0 Å². The van der Waals surface area contributed by atoms with Crippen molar-refractivity contribution < 1.29 is 14.3 Å². The van der Waals surface area contributed by atoms with Crippen molar-refractivity contribution in [2.24, 2.45) is 0 Å². The molecule has 1 unspecified atom stereocenters. The Balaban J connectivity index is 1.93. The smallest absolute Gasteiger partial charge is 0.251 e. The highest BCUT2D eigenvalue weighted by Gasteiger charge is 2.23. The molecule has 0 spiro atoms. The summed E-state index contributed by atoms with van der Waals surface area (Å²) in [4.78, 5) is 16.6. The van der Waals surface area contributed by atoms with Gasteiger partial charge in [-0.3, -0.25) is 4.79 Å². The van der Waals surface area contributed by atoms with Crippen LogP contribution in [0, 0.1) is 0 Å². The van der Waals surface area contributed by atoms with E-state index >= 15 is 0 Å². The molecular weight excluding hydrogens is 292 g/mol. The Hall–Kier alpha value is -2.01. The van der Waals surface area contributed by atoms with Crippen LogP contribution in [0.5, 0.6) is 5.75 Å². The Morgan fingerprint density at radius 2 is 2.00 bits per heavy atom. The fraction of sp³-hybridized carbons (Fsp3) is 0.500. The van der Waals surface area contributed by atoms with Crippen molar-refractivity contribution in [1.29, 1.82) is 0 Å². The molecule has 5 nitrogen and oxygen atoms in total. The van der Waals surface area contributed by atoms with E-state index in [1.54, 1.807) is 20.1 Å². The summed E-state index contributed by atoms with van der Waals surface area (Å²) in [5.41, 5.74) is 1.16. The molecule has 1 aliphatic heterocycles. The first-order valence-corrected chi connectivity index (χ1v) is 8.06. The Labute approximate surface area is 138 Å². The van der Waals surface area contributed by atoms with Gasteiger partial charge in [-0.1, -0.05) is 6.08 Å². The van der Waals surface area contributed by atoms with Gasteiger partial charge in [0.1, 0.15) is 11.9 Å². The quantitative estimate of drug-likeness (QED) is 0.755. The van der Waals surface area contributed by atoms with E-state index in [4.69, 9.17) is 9.47 Å². The molecule has 0 bridgehead atoms. The molecule has 1 saturated heterocycles. The van der Waals surface area contributed by atoms with Crippen LogP contribution < -0.4 is 9.64 Å². The maximum Gasteiger partial charge on any atom is 0.251 e. The third-order valence-corrected chi connectivity index (χ3v) is 4.06. The van der Waals surface area contributed by atoms with Gasteiger partial charge < -0.3 is 19.3 Å². The van der Waals surface area contributed by atoms with E-state index in [9.17, 15) is 4.79 Å². The molecule has 23 heavy (non-hydrogen) atoms. The van der Waals surface area contributed by atoms with E-state index in [1.165, 1.54) is 0 Å². The molecule has 1 amide bonds. The summed E-state index contributed by atoms with van der Waals surface area (Å²) in [7, 11) is 1.67. The van der Waals surface area contributed by atoms with E-state index < -0.39 is 6.10 Å². The van der Waals surface area contributed by atoms with Crippen LogP contribution in [0.15, 0.2) is 36.9 Å². The van der Waals surface area contributed by atoms with Gasteiger partial charge in [-0.15, -0.1) is 6.58 Å². The van der Waals surface area contributed by atoms with Gasteiger partial charge in [-0.05, 0) is 37.6 Å². The lowest BCUT2D eigenvalue weighted by molar-refractivity contribution is -0.141. The minimum Gasteiger partial charge on any atom is -0.497 e. The molecular formula is C18H26N2O3. The van der Waals surface area contributed by atoms with Crippen LogP contribution in [0.25, 0.3) is 0 Å². The van der Waals surface area contributed by atoms with E-state index in [1.807, 2.05) is 17.0 Å². The molecule has 1 heterocycles. The standard InChI is InChI=1S/C18H26N2O3/c1-4-14-23-15(2)18(21)20-11-5-10-19(12-13-20)16-6-8-17(22-3)9-7-16/h4,6-9,15H,1,5,10-14H2,2-3H3. The molecule has 5 heteroatoms. The van der Waals surface area contributed by atoms with Crippen molar-refractivity contribution >= 4 is 11.6 Å². The largest absolute Gasteiger partial charge is 0.497 e. The van der Waals surface area contributed by atoms with Crippen molar-refractivity contribution in [3.8, 4) is 5.75 Å². The molecule has 0 aliphatic carbocycles. The van der Waals surface area contributed by atoms with Gasteiger partial charge in [0.25, 0.3) is 5.91 Å². The van der Waals surface area contributed by atoms with Gasteiger partial charge in [0.05, 0.1) is 13.7 Å². The van der Waals surface area contributed by atoms with E-state index in [2.05, 4.69) is 23.6 Å². The summed E-state index contributed by atoms with van der Waals surface area (Å²) in [6, 6.07) is 8.06. The molecule has 1 atom stereocenters. The van der Waals surface area contributed by atoms with Crippen molar-refractivity contribution in [3.05, 3.63) is 36.9 Å². The zero-order valence-electron chi connectivity index (χ0n) is 14.0. The number of hydrogen-bond donors (Lipinski definition) is 0. The summed E-state index contributed by atoms with van der Waals surface area (Å²) in [6.45, 7) is 9.07. The summed E-state index contributed by atoms with van der Waals surface area (Å²) in [6.07, 6.45) is 2.20. The Bertz CT molecular complexity index is 516. The highest BCUT2D eigenvalue weighted by molar-refractivity contribution is 5.80. The second-order valence-electron chi connectivity index (χ2n) is 5.63. The number of amides is 1. The van der Waals surface area contributed by atoms with Crippen LogP contribution in [0.2, 0.25) is 0 Å². The first-order valence-electron chi connectivity index (χ1n) is 8.06. The second-order valence-corrected chi connectivity index (χ2v) is 5.63. The number of hydrogen-bond acceptors (Lipinski definition) is 4. The maximum absolute atomic E-state index is 12.4. The lowest BCUT2D eigenvalue weighted by atomic mass is 10.2. The molecule has 1 fully saturated rings. The van der Waals surface area contributed by atoms with Crippen LogP contribution in [0.1, 0.15) is 13.3 Å². The topological polar surface area (TPSA) is 42.0 Å². The molecule has 0 radical (unpaired) electrons. The summed E-state index contributed by atoms with van der Waals surface area (Å²) in [5.74, 6) is 0.914. The Kier molecular flexibility index (Phi) is 6.47. The molecule has 0 N–H and O–H groups in total. The van der Waals surface area contributed by atoms with Crippen LogP contribution in [-0.2, 0) is 9.53 Å². The number of carbonyl (C=O) groups is 1. The normalized spacial score (nSPS) is 16.6. The zero-order chi connectivity index (χ0) is 16.7. The number of benzene rings is 1. The van der Waals surface area contributed by atoms with Crippen LogP contribution >= 0.6 is 0 Å². The molecule has 126 valence electrons. The average Bonchev–Trinajstić information content (AvgIpc) is 2.85. The number of rotatable bonds is 6. The van der Waals surface area contributed by atoms with Gasteiger partial charge in [-0.25, -0.2) is 0 Å². The first kappa shape index (κ1) is 17.3. The Morgan fingerprint density at radius 3 is 2.65 bits per heavy atom. The number of carbonyl (C=O) groups excluding carboxylic acids is 1. The molecule has 0 saturated carbocycles. The monoisotopic (exact) mass is 318 g/mol. The zero-order valence-corrected chi connectivity index (χ0v) is 14.0. The SMILES string of the molecule is C=CCOC(C)C(=O)N1CCCN(c2ccc(OC)cc2)CC1. The van der Waals surface area contributed by atoms with E-state index in [0.717, 1.165) is 37.5 Å². The van der Waals surface area contributed by atoms with Crippen molar-refractivity contribution in [1.82, 2.24) is 4.90 Å². The molecule has 2 rings (SSSR count). The summed E-state index contributed by atoms with van der Waals surface area (Å²) in [5, 5.41) is 0. The van der Waals surface area contributed by atoms with Crippen LogP contribution in [0.3, 0.4) is 0 Å². The molecule has 1 aromatic rings. The first-order chi connectivity index (χ1) is 11.2. The van der Waals surface area contributed by atoms with Gasteiger partial charge in [-0.2, -0.15) is 0 Å². The predicted molar refractivity (Wildman–Crippen MR) is 92.0 cm³/mol. The summed E-state index contributed by atoms with van der Waals surface area (Å²) < 4.78 is 10.6. The summed E-state index contributed by atoms with van der Waals surface area (Å²) >= 11 is 0. The molecule has 1 aromatic carbocycles. The highest BCUT2D eigenvalue weighted by atomic mass is 16.5. The lowest BCUT2D eigenvalue weighted by Gasteiger charge is -2.25. The van der Waals surface area contributed by atoms with E-state index in [-0.39, 0.29) is 5.91 Å². The molecule has 1 aliphatic rings. The van der Waals surface area contributed by atoms with Gasteiger partial charge in [0, 0.05) is 31.9 Å². The van der Waals surface area contributed by atoms with Crippen molar-refractivity contribution in [3.63, 3.8) is 0 Å². The highest BCUT2D eigenvalue weighted by Crippen LogP contribution is 2.20. The number of methoxy groups -OCH3 is 1. The third kappa shape index (κ3) is 4.73. The number of ether oxygens (including phenoxy) is 2. The Morgan fingerprint density at radius 1 is 1.26 bits per heavy atom. The fourth-order valence-electron chi connectivity index (χ4n) is 2.73. The minimum atomic E-state index is -0.416. The lowest BCUT2D eigenvalue weighted by Crippen LogP contribution is -2.41. The minimum absolute atomic E-state index is 0.0587. The third-order valence-electron chi connectivity index (χ3n) is 4.06. The number of anilines is 1. The average molecular weight is 318 g/mol. The van der Waals surface area contributed by atoms with Gasteiger partial charge >= 0.3 is 0 Å². The number of nitrogens with zero attached hydrogens (tertiary/aromatic N) is 2.